The van der Waals surface area contributed by atoms with Crippen LogP contribution >= 0.6 is 0 Å². The molecule has 0 radical (unpaired) electrons. The van der Waals surface area contributed by atoms with Gasteiger partial charge < -0.3 is 14.7 Å². The molecule has 0 aliphatic carbocycles. The summed E-state index contributed by atoms with van der Waals surface area (Å²) in [5.41, 5.74) is 2.20. The molecule has 1 N–H and O–H groups in total. The number of phenolic OH excluding ortho intramolecular Hbond substituents is 1. The summed E-state index contributed by atoms with van der Waals surface area (Å²) in [6.45, 7) is 7.82. The van der Waals surface area contributed by atoms with Crippen molar-refractivity contribution in [3.05, 3.63) is 59.7 Å². The number of ether oxygens (including phenoxy) is 1. The zero-order chi connectivity index (χ0) is 35.1. The highest BCUT2D eigenvalue weighted by molar-refractivity contribution is 6.09. The van der Waals surface area contributed by atoms with Gasteiger partial charge in [0.05, 0.1) is 18.4 Å². The molecule has 6 heteroatoms. The van der Waals surface area contributed by atoms with Crippen molar-refractivity contribution in [1.82, 2.24) is 4.90 Å². The summed E-state index contributed by atoms with van der Waals surface area (Å²) in [6.07, 6.45) is 25.1. The Morgan fingerprint density at radius 2 is 1.08 bits per heavy atom. The van der Waals surface area contributed by atoms with E-state index in [1.54, 1.807) is 7.11 Å². The van der Waals surface area contributed by atoms with Crippen LogP contribution in [0.2, 0.25) is 0 Å². The largest absolute Gasteiger partial charge is 0.506 e. The van der Waals surface area contributed by atoms with Crippen molar-refractivity contribution in [2.24, 2.45) is 10.2 Å². The van der Waals surface area contributed by atoms with Crippen molar-refractivity contribution < 1.29 is 14.6 Å². The predicted octanol–water partition coefficient (Wildman–Crippen LogP) is 13.6. The lowest BCUT2D eigenvalue weighted by Crippen LogP contribution is -2.33. The van der Waals surface area contributed by atoms with E-state index in [-0.39, 0.29) is 11.7 Å². The Morgan fingerprint density at radius 1 is 0.633 bits per heavy atom. The van der Waals surface area contributed by atoms with Crippen LogP contribution in [0.3, 0.4) is 0 Å². The molecule has 3 aromatic rings. The Kier molecular flexibility index (Phi) is 19.5. The minimum atomic E-state index is -0.110. The molecule has 49 heavy (non-hydrogen) atoms. The average Bonchev–Trinajstić information content (AvgIpc) is 3.12. The molecule has 0 heterocycles. The summed E-state index contributed by atoms with van der Waals surface area (Å²) in [5.74, 6) is 0.550. The number of fused-ring (bicyclic) bond motifs is 1. The number of carbonyl (C=O) groups is 1. The summed E-state index contributed by atoms with van der Waals surface area (Å²) in [6, 6.07) is 15.1. The highest BCUT2D eigenvalue weighted by Gasteiger charge is 2.25. The van der Waals surface area contributed by atoms with Gasteiger partial charge in [0.15, 0.2) is 0 Å². The van der Waals surface area contributed by atoms with Gasteiger partial charge in [-0.1, -0.05) is 166 Å². The minimum Gasteiger partial charge on any atom is -0.506 e. The molecular formula is C43H65N3O3. The van der Waals surface area contributed by atoms with Crippen LogP contribution in [-0.2, 0) is 0 Å². The smallest absolute Gasteiger partial charge is 0.257 e. The first-order valence-electron chi connectivity index (χ1n) is 19.6. The maximum absolute atomic E-state index is 14.4. The van der Waals surface area contributed by atoms with Crippen LogP contribution in [0.25, 0.3) is 10.8 Å². The maximum atomic E-state index is 14.4. The fourth-order valence-corrected chi connectivity index (χ4v) is 6.79. The Morgan fingerprint density at radius 3 is 1.59 bits per heavy atom. The van der Waals surface area contributed by atoms with Crippen LogP contribution in [0.15, 0.2) is 58.8 Å². The van der Waals surface area contributed by atoms with E-state index in [0.29, 0.717) is 46.7 Å². The van der Waals surface area contributed by atoms with Gasteiger partial charge in [0, 0.05) is 23.9 Å². The third-order valence-corrected chi connectivity index (χ3v) is 9.81. The van der Waals surface area contributed by atoms with E-state index >= 15 is 0 Å². The van der Waals surface area contributed by atoms with Crippen LogP contribution in [0.4, 0.5) is 11.4 Å². The first kappa shape index (κ1) is 40.0. The van der Waals surface area contributed by atoms with Crippen LogP contribution < -0.4 is 4.74 Å². The first-order valence-corrected chi connectivity index (χ1v) is 19.6. The number of aromatic hydroxyl groups is 1. The van der Waals surface area contributed by atoms with E-state index in [4.69, 9.17) is 4.74 Å². The molecule has 270 valence electrons. The molecule has 0 aliphatic rings. The molecule has 0 spiro atoms. The lowest BCUT2D eigenvalue weighted by atomic mass is 9.96. The molecule has 3 aromatic carbocycles. The fourth-order valence-electron chi connectivity index (χ4n) is 6.79. The number of nitrogens with zero attached hydrogens (tertiary/aromatic N) is 3. The van der Waals surface area contributed by atoms with Gasteiger partial charge in [-0.15, -0.1) is 10.2 Å². The van der Waals surface area contributed by atoms with Gasteiger partial charge in [0.1, 0.15) is 17.2 Å². The van der Waals surface area contributed by atoms with E-state index in [2.05, 4.69) is 24.1 Å². The maximum Gasteiger partial charge on any atom is 0.257 e. The third-order valence-electron chi connectivity index (χ3n) is 9.81. The van der Waals surface area contributed by atoms with Gasteiger partial charge >= 0.3 is 0 Å². The second kappa shape index (κ2) is 23.9. The Hall–Kier alpha value is -3.41. The molecule has 0 atom stereocenters. The summed E-state index contributed by atoms with van der Waals surface area (Å²) in [4.78, 5) is 16.4. The number of methoxy groups -OCH3 is 1. The van der Waals surface area contributed by atoms with Gasteiger partial charge in [0.2, 0.25) is 0 Å². The van der Waals surface area contributed by atoms with E-state index < -0.39 is 0 Å². The number of rotatable bonds is 26. The predicted molar refractivity (Wildman–Crippen MR) is 207 cm³/mol. The molecule has 0 saturated heterocycles. The SMILES string of the molecule is CCCCCCCCCCCCN(CCCCCCCCCCCC)C(=O)c1c(C)c(N=Nc2ccccc2OC)c2ccccc2c1O. The minimum absolute atomic E-state index is 0.0329. The van der Waals surface area contributed by atoms with Gasteiger partial charge in [-0.05, 0) is 37.5 Å². The van der Waals surface area contributed by atoms with Crippen molar-refractivity contribution in [3.8, 4) is 11.5 Å². The number of carbonyl (C=O) groups excluding carboxylic acids is 1. The summed E-state index contributed by atoms with van der Waals surface area (Å²) >= 11 is 0. The molecule has 0 bridgehead atoms. The summed E-state index contributed by atoms with van der Waals surface area (Å²) in [5, 5.41) is 22.2. The monoisotopic (exact) mass is 672 g/mol. The van der Waals surface area contributed by atoms with E-state index in [1.807, 2.05) is 60.4 Å². The second-order valence-corrected chi connectivity index (χ2v) is 13.8. The average molecular weight is 672 g/mol. The number of unbranched alkanes of at least 4 members (excludes halogenated alkanes) is 18. The molecule has 0 aromatic heterocycles. The van der Waals surface area contributed by atoms with Crippen molar-refractivity contribution in [2.75, 3.05) is 20.2 Å². The standard InChI is InChI=1S/C43H65N3O3/c1-5-7-9-11-13-15-17-19-21-27-33-46(34-28-22-20-18-16-14-12-10-8-6-2)43(48)40-35(3)41(36-29-23-24-30-37(36)42(40)47)45-44-38-31-25-26-32-39(38)49-4/h23-26,29-32,47H,5-22,27-28,33-34H2,1-4H3. The number of azo groups is 1. The molecule has 0 unspecified atom stereocenters. The van der Waals surface area contributed by atoms with Crippen LogP contribution in [0.1, 0.15) is 158 Å². The van der Waals surface area contributed by atoms with Crippen LogP contribution in [0.5, 0.6) is 11.5 Å². The van der Waals surface area contributed by atoms with Gasteiger partial charge in [-0.2, -0.15) is 0 Å². The topological polar surface area (TPSA) is 74.5 Å². The number of hydrogen-bond acceptors (Lipinski definition) is 5. The number of benzene rings is 3. The van der Waals surface area contributed by atoms with Gasteiger partial charge in [-0.25, -0.2) is 0 Å². The van der Waals surface area contributed by atoms with Gasteiger partial charge in [0.25, 0.3) is 5.91 Å². The Balaban J connectivity index is 1.74. The summed E-state index contributed by atoms with van der Waals surface area (Å²) < 4.78 is 5.49. The molecule has 1 amide bonds. The number of phenols is 1. The molecule has 0 fully saturated rings. The normalized spacial score (nSPS) is 11.5. The van der Waals surface area contributed by atoms with E-state index in [0.717, 1.165) is 31.1 Å². The zero-order valence-electron chi connectivity index (χ0n) is 31.3. The van der Waals surface area contributed by atoms with E-state index in [1.165, 1.54) is 103 Å². The first-order chi connectivity index (χ1) is 24.0. The van der Waals surface area contributed by atoms with Crippen molar-refractivity contribution in [2.45, 2.75) is 149 Å². The zero-order valence-corrected chi connectivity index (χ0v) is 31.3. The molecular weight excluding hydrogens is 606 g/mol. The Bertz CT molecular complexity index is 1380. The highest BCUT2D eigenvalue weighted by atomic mass is 16.5. The lowest BCUT2D eigenvalue weighted by molar-refractivity contribution is 0.0745. The van der Waals surface area contributed by atoms with E-state index in [9.17, 15) is 9.90 Å². The second-order valence-electron chi connectivity index (χ2n) is 13.8. The number of amides is 1. The highest BCUT2D eigenvalue weighted by Crippen LogP contribution is 2.41. The third kappa shape index (κ3) is 13.4. The van der Waals surface area contributed by atoms with Crippen molar-refractivity contribution >= 4 is 28.1 Å². The molecule has 3 rings (SSSR count). The number of para-hydroxylation sites is 1. The summed E-state index contributed by atoms with van der Waals surface area (Å²) in [7, 11) is 1.62. The van der Waals surface area contributed by atoms with Crippen molar-refractivity contribution in [1.29, 1.82) is 0 Å². The molecule has 6 nitrogen and oxygen atoms in total. The quantitative estimate of drug-likeness (QED) is 0.0681. The fraction of sp³-hybridized carbons (Fsp3) is 0.605. The van der Waals surface area contributed by atoms with Gasteiger partial charge in [-0.3, -0.25) is 4.79 Å². The number of hydrogen-bond donors (Lipinski definition) is 1. The molecule has 0 saturated carbocycles. The van der Waals surface area contributed by atoms with Crippen molar-refractivity contribution in [3.63, 3.8) is 0 Å². The van der Waals surface area contributed by atoms with Crippen LogP contribution in [0, 0.1) is 6.92 Å². The lowest BCUT2D eigenvalue weighted by Gasteiger charge is -2.25. The molecule has 0 aliphatic heterocycles. The Labute approximate surface area is 297 Å². The van der Waals surface area contributed by atoms with Crippen LogP contribution in [-0.4, -0.2) is 36.1 Å².